The van der Waals surface area contributed by atoms with Gasteiger partial charge in [0.25, 0.3) is 5.91 Å². The Kier molecular flexibility index (Phi) is 2.24. The van der Waals surface area contributed by atoms with Crippen LogP contribution in [0.2, 0.25) is 0 Å². The Labute approximate surface area is 107 Å². The summed E-state index contributed by atoms with van der Waals surface area (Å²) in [6.07, 6.45) is 0. The van der Waals surface area contributed by atoms with Crippen molar-refractivity contribution in [2.45, 2.75) is 6.92 Å². The number of nitrogens with two attached hydrogens (primary N) is 2. The number of aryl methyl sites for hydroxylation is 1. The van der Waals surface area contributed by atoms with Crippen LogP contribution in [0.5, 0.6) is 0 Å². The molecule has 0 unspecified atom stereocenters. The van der Waals surface area contributed by atoms with E-state index in [2.05, 4.69) is 4.98 Å². The van der Waals surface area contributed by atoms with Gasteiger partial charge in [0.1, 0.15) is 9.71 Å². The topological polar surface area (TPSA) is 82.0 Å². The molecule has 0 bridgehead atoms. The number of nitrogens with zero attached hydrogens (tertiary/aromatic N) is 1. The third-order valence-corrected chi connectivity index (χ3v) is 4.02. The van der Waals surface area contributed by atoms with E-state index in [9.17, 15) is 4.79 Å². The molecule has 0 radical (unpaired) electrons. The summed E-state index contributed by atoms with van der Waals surface area (Å²) < 4.78 is 0. The van der Waals surface area contributed by atoms with Gasteiger partial charge >= 0.3 is 0 Å². The van der Waals surface area contributed by atoms with Gasteiger partial charge in [-0.15, -0.1) is 11.3 Å². The summed E-state index contributed by atoms with van der Waals surface area (Å²) in [6, 6.07) is 7.98. The number of nitrogen functional groups attached to an aromatic ring is 1. The van der Waals surface area contributed by atoms with Crippen LogP contribution in [0.4, 0.5) is 5.69 Å². The first kappa shape index (κ1) is 11.0. The monoisotopic (exact) mass is 257 g/mol. The maximum absolute atomic E-state index is 11.3. The van der Waals surface area contributed by atoms with Gasteiger partial charge in [0.05, 0.1) is 11.2 Å². The molecule has 3 rings (SSSR count). The number of carbonyl (C=O) groups is 1. The zero-order chi connectivity index (χ0) is 12.9. The molecule has 0 aliphatic carbocycles. The molecular formula is C13H11N3OS. The van der Waals surface area contributed by atoms with Gasteiger partial charge in [-0.2, -0.15) is 0 Å². The minimum Gasteiger partial charge on any atom is -0.397 e. The fourth-order valence-electron chi connectivity index (χ4n) is 2.01. The number of benzene rings is 1. The predicted molar refractivity (Wildman–Crippen MR) is 74.8 cm³/mol. The van der Waals surface area contributed by atoms with Crippen molar-refractivity contribution in [2.75, 3.05) is 5.73 Å². The van der Waals surface area contributed by atoms with Crippen LogP contribution in [0.1, 0.15) is 15.2 Å². The van der Waals surface area contributed by atoms with E-state index in [1.54, 1.807) is 0 Å². The Balaban J connectivity index is 2.42. The maximum Gasteiger partial charge on any atom is 0.260 e. The fourth-order valence-corrected chi connectivity index (χ4v) is 2.94. The first-order chi connectivity index (χ1) is 8.56. The molecule has 1 amide bonds. The second-order valence-corrected chi connectivity index (χ2v) is 5.25. The minimum atomic E-state index is -0.504. The first-order valence-corrected chi connectivity index (χ1v) is 6.27. The summed E-state index contributed by atoms with van der Waals surface area (Å²) in [5.74, 6) is -0.504. The van der Waals surface area contributed by atoms with Crippen molar-refractivity contribution in [3.8, 4) is 0 Å². The minimum absolute atomic E-state index is 0.379. The Hall–Kier alpha value is -2.14. The van der Waals surface area contributed by atoms with Crippen molar-refractivity contribution in [1.29, 1.82) is 0 Å². The number of pyridine rings is 1. The molecule has 0 aliphatic heterocycles. The molecule has 4 N–H and O–H groups in total. The second kappa shape index (κ2) is 3.68. The van der Waals surface area contributed by atoms with Crippen LogP contribution in [0.3, 0.4) is 0 Å². The van der Waals surface area contributed by atoms with Crippen LogP contribution in [-0.4, -0.2) is 10.9 Å². The smallest absolute Gasteiger partial charge is 0.260 e. The van der Waals surface area contributed by atoms with Gasteiger partial charge in [0, 0.05) is 10.8 Å². The third-order valence-electron chi connectivity index (χ3n) is 2.89. The number of amides is 1. The number of hydrogen-bond acceptors (Lipinski definition) is 4. The summed E-state index contributed by atoms with van der Waals surface area (Å²) in [7, 11) is 0. The van der Waals surface area contributed by atoms with E-state index in [0.29, 0.717) is 10.6 Å². The highest BCUT2D eigenvalue weighted by molar-refractivity contribution is 7.21. The molecule has 90 valence electrons. The molecule has 2 aromatic heterocycles. The lowest BCUT2D eigenvalue weighted by atomic mass is 10.1. The fraction of sp³-hybridized carbons (Fsp3) is 0.0769. The molecule has 0 aliphatic rings. The van der Waals surface area contributed by atoms with Gasteiger partial charge in [-0.3, -0.25) is 4.79 Å². The van der Waals surface area contributed by atoms with Crippen LogP contribution in [0, 0.1) is 6.92 Å². The van der Waals surface area contributed by atoms with E-state index in [1.165, 1.54) is 11.3 Å². The second-order valence-electron chi connectivity index (χ2n) is 4.25. The summed E-state index contributed by atoms with van der Waals surface area (Å²) in [5, 5.41) is 1.81. The number of hydrogen-bond donors (Lipinski definition) is 2. The lowest BCUT2D eigenvalue weighted by Crippen LogP contribution is -2.10. The van der Waals surface area contributed by atoms with Crippen molar-refractivity contribution in [3.05, 3.63) is 34.7 Å². The molecule has 0 atom stereocenters. The number of rotatable bonds is 1. The van der Waals surface area contributed by atoms with Crippen LogP contribution in [-0.2, 0) is 0 Å². The Morgan fingerprint density at radius 1 is 1.33 bits per heavy atom. The Morgan fingerprint density at radius 3 is 2.83 bits per heavy atom. The van der Waals surface area contributed by atoms with E-state index < -0.39 is 5.91 Å². The summed E-state index contributed by atoms with van der Waals surface area (Å²) in [5.41, 5.74) is 13.7. The van der Waals surface area contributed by atoms with E-state index in [0.717, 1.165) is 26.7 Å². The predicted octanol–water partition coefficient (Wildman–Crippen LogP) is 2.44. The SMILES string of the molecule is Cc1ccc2nc3sc(C(N)=O)c(N)c3cc2c1. The number of thiophene rings is 1. The highest BCUT2D eigenvalue weighted by Gasteiger charge is 2.15. The first-order valence-electron chi connectivity index (χ1n) is 5.45. The third kappa shape index (κ3) is 1.52. The van der Waals surface area contributed by atoms with Crippen molar-refractivity contribution in [3.63, 3.8) is 0 Å². The lowest BCUT2D eigenvalue weighted by molar-refractivity contribution is 0.100. The highest BCUT2D eigenvalue weighted by atomic mass is 32.1. The number of carbonyl (C=O) groups excluding carboxylic acids is 1. The molecule has 0 spiro atoms. The molecular weight excluding hydrogens is 246 g/mol. The molecule has 0 fully saturated rings. The Morgan fingerprint density at radius 2 is 2.11 bits per heavy atom. The van der Waals surface area contributed by atoms with E-state index in [4.69, 9.17) is 11.5 Å². The number of fused-ring (bicyclic) bond motifs is 2. The van der Waals surface area contributed by atoms with Gasteiger partial charge in [0.2, 0.25) is 0 Å². The lowest BCUT2D eigenvalue weighted by Gasteiger charge is -1.99. The van der Waals surface area contributed by atoms with E-state index >= 15 is 0 Å². The molecule has 1 aromatic carbocycles. The van der Waals surface area contributed by atoms with Crippen molar-refractivity contribution in [1.82, 2.24) is 4.98 Å². The zero-order valence-electron chi connectivity index (χ0n) is 9.73. The molecule has 0 saturated carbocycles. The van der Waals surface area contributed by atoms with Gasteiger partial charge in [-0.25, -0.2) is 4.98 Å². The van der Waals surface area contributed by atoms with Crippen molar-refractivity contribution in [2.24, 2.45) is 5.73 Å². The van der Waals surface area contributed by atoms with E-state index in [-0.39, 0.29) is 0 Å². The molecule has 3 aromatic rings. The van der Waals surface area contributed by atoms with Gasteiger partial charge in [0.15, 0.2) is 0 Å². The Bertz CT molecular complexity index is 792. The molecule has 4 nitrogen and oxygen atoms in total. The van der Waals surface area contributed by atoms with E-state index in [1.807, 2.05) is 31.2 Å². The van der Waals surface area contributed by atoms with Crippen LogP contribution in [0.25, 0.3) is 21.1 Å². The number of primary amides is 1. The van der Waals surface area contributed by atoms with Gasteiger partial charge in [-0.05, 0) is 25.1 Å². The summed E-state index contributed by atoms with van der Waals surface area (Å²) >= 11 is 1.24. The van der Waals surface area contributed by atoms with Crippen molar-refractivity contribution < 1.29 is 4.79 Å². The summed E-state index contributed by atoms with van der Waals surface area (Å²) in [6.45, 7) is 2.02. The number of aromatic nitrogens is 1. The van der Waals surface area contributed by atoms with Gasteiger partial charge < -0.3 is 11.5 Å². The molecule has 2 heterocycles. The highest BCUT2D eigenvalue weighted by Crippen LogP contribution is 2.34. The zero-order valence-corrected chi connectivity index (χ0v) is 10.5. The summed E-state index contributed by atoms with van der Waals surface area (Å²) in [4.78, 5) is 16.9. The molecule has 5 heteroatoms. The number of anilines is 1. The quantitative estimate of drug-likeness (QED) is 0.702. The van der Waals surface area contributed by atoms with Crippen LogP contribution >= 0.6 is 11.3 Å². The standard InChI is InChI=1S/C13H11N3OS/c1-6-2-3-9-7(4-6)5-8-10(14)11(12(15)17)18-13(8)16-9/h2-5H,14H2,1H3,(H2,15,17). The van der Waals surface area contributed by atoms with Crippen molar-refractivity contribution >= 4 is 44.1 Å². The normalized spacial score (nSPS) is 11.2. The average Bonchev–Trinajstić information content (AvgIpc) is 2.64. The van der Waals surface area contributed by atoms with Crippen LogP contribution in [0.15, 0.2) is 24.3 Å². The van der Waals surface area contributed by atoms with Gasteiger partial charge in [-0.1, -0.05) is 11.6 Å². The molecule has 0 saturated heterocycles. The maximum atomic E-state index is 11.3. The van der Waals surface area contributed by atoms with Crippen LogP contribution < -0.4 is 11.5 Å². The molecule has 18 heavy (non-hydrogen) atoms. The average molecular weight is 257 g/mol. The largest absolute Gasteiger partial charge is 0.397 e.